The lowest BCUT2D eigenvalue weighted by molar-refractivity contribution is 0.0756. The van der Waals surface area contributed by atoms with E-state index in [1.165, 1.54) is 22.1 Å². The molecule has 4 aromatic rings. The van der Waals surface area contributed by atoms with Gasteiger partial charge in [0.25, 0.3) is 0 Å². The van der Waals surface area contributed by atoms with Crippen LogP contribution in [0.15, 0.2) is 72.2 Å². The molecule has 0 radical (unpaired) electrons. The smallest absolute Gasteiger partial charge is 0.141 e. The Morgan fingerprint density at radius 1 is 1.00 bits per heavy atom. The number of nitrogens with zero attached hydrogens (tertiary/aromatic N) is 1. The van der Waals surface area contributed by atoms with Gasteiger partial charge >= 0.3 is 0 Å². The summed E-state index contributed by atoms with van der Waals surface area (Å²) in [6.45, 7) is 2.37. The van der Waals surface area contributed by atoms with Crippen molar-refractivity contribution in [3.05, 3.63) is 88.4 Å². The summed E-state index contributed by atoms with van der Waals surface area (Å²) in [5, 5.41) is 16.3. The lowest BCUT2D eigenvalue weighted by Crippen LogP contribution is -2.26. The van der Waals surface area contributed by atoms with Gasteiger partial charge in [0.15, 0.2) is 0 Å². The average Bonchev–Trinajstić information content (AvgIpc) is 3.32. The molecule has 1 atom stereocenters. The molecule has 1 aromatic heterocycles. The van der Waals surface area contributed by atoms with Crippen molar-refractivity contribution in [3.63, 3.8) is 0 Å². The van der Waals surface area contributed by atoms with Crippen molar-refractivity contribution in [2.45, 2.75) is 25.6 Å². The van der Waals surface area contributed by atoms with Crippen molar-refractivity contribution in [1.29, 1.82) is 0 Å². The lowest BCUT2D eigenvalue weighted by Gasteiger charge is -2.26. The Hall–Kier alpha value is -2.89. The molecular weight excluding hydrogens is 382 g/mol. The molecule has 4 rings (SSSR count). The monoisotopic (exact) mass is 405 g/mol. The van der Waals surface area contributed by atoms with Gasteiger partial charge < -0.3 is 14.6 Å². The van der Waals surface area contributed by atoms with Crippen molar-refractivity contribution in [2.75, 3.05) is 7.11 Å². The van der Waals surface area contributed by atoms with E-state index in [4.69, 9.17) is 9.47 Å². The molecule has 0 aliphatic rings. The normalized spacial score (nSPS) is 13.2. The van der Waals surface area contributed by atoms with Gasteiger partial charge in [0, 0.05) is 17.6 Å². The van der Waals surface area contributed by atoms with E-state index in [0.717, 1.165) is 5.56 Å². The van der Waals surface area contributed by atoms with Gasteiger partial charge in [-0.1, -0.05) is 43.3 Å². The number of hydrogen-bond acceptors (Lipinski definition) is 5. The minimum atomic E-state index is -1.18. The van der Waals surface area contributed by atoms with Gasteiger partial charge in [-0.2, -0.15) is 0 Å². The largest absolute Gasteiger partial charge is 0.497 e. The summed E-state index contributed by atoms with van der Waals surface area (Å²) < 4.78 is 11.5. The number of ether oxygens (including phenoxy) is 2. The van der Waals surface area contributed by atoms with Gasteiger partial charge in [-0.15, -0.1) is 11.3 Å². The molecule has 0 amide bonds. The second kappa shape index (κ2) is 8.23. The maximum Gasteiger partial charge on any atom is 0.141 e. The van der Waals surface area contributed by atoms with Crippen LogP contribution in [0.2, 0.25) is 0 Å². The SMILES string of the molecule is CCC(O)(c1cc(OC)cc(OCc2ccc3ccccc3c2)c1)c1nccs1. The standard InChI is InChI=1S/C24H23NO3S/c1-3-24(26,23-25-10-11-29-23)20-13-21(27-2)15-22(14-20)28-16-17-8-9-18-6-4-5-7-19(18)12-17/h4-15,26H,3,16H2,1-2H3. The van der Waals surface area contributed by atoms with Crippen LogP contribution in [0.1, 0.15) is 29.5 Å². The average molecular weight is 406 g/mol. The summed E-state index contributed by atoms with van der Waals surface area (Å²) >= 11 is 1.44. The molecule has 1 N–H and O–H groups in total. The summed E-state index contributed by atoms with van der Waals surface area (Å²) in [7, 11) is 1.61. The van der Waals surface area contributed by atoms with Gasteiger partial charge in [-0.05, 0) is 46.5 Å². The van der Waals surface area contributed by atoms with E-state index in [0.29, 0.717) is 35.1 Å². The van der Waals surface area contributed by atoms with Crippen LogP contribution < -0.4 is 9.47 Å². The highest BCUT2D eigenvalue weighted by molar-refractivity contribution is 7.09. The topological polar surface area (TPSA) is 51.6 Å². The van der Waals surface area contributed by atoms with Crippen LogP contribution in [-0.4, -0.2) is 17.2 Å². The highest BCUT2D eigenvalue weighted by Gasteiger charge is 2.33. The Labute approximate surface area is 174 Å². The van der Waals surface area contributed by atoms with Crippen molar-refractivity contribution in [2.24, 2.45) is 0 Å². The van der Waals surface area contributed by atoms with Crippen molar-refractivity contribution >= 4 is 22.1 Å². The second-order valence-corrected chi connectivity index (χ2v) is 7.81. The van der Waals surface area contributed by atoms with Crippen LogP contribution >= 0.6 is 11.3 Å². The van der Waals surface area contributed by atoms with Crippen LogP contribution in [0.4, 0.5) is 0 Å². The third kappa shape index (κ3) is 3.97. The number of rotatable bonds is 7. The molecule has 0 saturated carbocycles. The zero-order valence-electron chi connectivity index (χ0n) is 16.5. The first-order chi connectivity index (χ1) is 14.1. The minimum Gasteiger partial charge on any atom is -0.497 e. The van der Waals surface area contributed by atoms with Crippen LogP contribution in [0.25, 0.3) is 10.8 Å². The molecule has 0 aliphatic carbocycles. The number of fused-ring (bicyclic) bond motifs is 1. The first-order valence-electron chi connectivity index (χ1n) is 9.55. The van der Waals surface area contributed by atoms with Crippen LogP contribution in [0, 0.1) is 0 Å². The maximum atomic E-state index is 11.3. The van der Waals surface area contributed by atoms with E-state index in [1.54, 1.807) is 13.3 Å². The second-order valence-electron chi connectivity index (χ2n) is 6.92. The van der Waals surface area contributed by atoms with E-state index in [1.807, 2.05) is 42.6 Å². The maximum absolute atomic E-state index is 11.3. The van der Waals surface area contributed by atoms with Crippen LogP contribution in [0.5, 0.6) is 11.5 Å². The Morgan fingerprint density at radius 2 is 1.79 bits per heavy atom. The summed E-state index contributed by atoms with van der Waals surface area (Å²) in [5.41, 5.74) is 0.616. The molecule has 1 heterocycles. The highest BCUT2D eigenvalue weighted by atomic mass is 32.1. The zero-order chi connectivity index (χ0) is 20.3. The van der Waals surface area contributed by atoms with Gasteiger partial charge in [0.1, 0.15) is 28.7 Å². The van der Waals surface area contributed by atoms with Gasteiger partial charge in [-0.25, -0.2) is 4.98 Å². The first-order valence-corrected chi connectivity index (χ1v) is 10.4. The number of benzene rings is 3. The fourth-order valence-corrected chi connectivity index (χ4v) is 4.24. The zero-order valence-corrected chi connectivity index (χ0v) is 17.3. The van der Waals surface area contributed by atoms with Gasteiger partial charge in [0.05, 0.1) is 7.11 Å². The predicted octanol–water partition coefficient (Wildman–Crippen LogP) is 5.53. The number of aromatic nitrogens is 1. The first kappa shape index (κ1) is 19.4. The Kier molecular flexibility index (Phi) is 5.51. The molecule has 0 aliphatic heterocycles. The van der Waals surface area contributed by atoms with E-state index in [-0.39, 0.29) is 0 Å². The Bertz CT molecular complexity index is 1110. The molecule has 0 spiro atoms. The van der Waals surface area contributed by atoms with E-state index >= 15 is 0 Å². The molecule has 4 nitrogen and oxygen atoms in total. The van der Waals surface area contributed by atoms with E-state index in [9.17, 15) is 5.11 Å². The summed E-state index contributed by atoms with van der Waals surface area (Å²) in [5.74, 6) is 1.29. The quantitative estimate of drug-likeness (QED) is 0.439. The Morgan fingerprint density at radius 3 is 2.52 bits per heavy atom. The van der Waals surface area contributed by atoms with Crippen molar-refractivity contribution in [1.82, 2.24) is 4.98 Å². The third-order valence-electron chi connectivity index (χ3n) is 5.11. The van der Waals surface area contributed by atoms with E-state index < -0.39 is 5.60 Å². The molecule has 5 heteroatoms. The Balaban J connectivity index is 1.62. The van der Waals surface area contributed by atoms with E-state index in [2.05, 4.69) is 35.3 Å². The third-order valence-corrected chi connectivity index (χ3v) is 6.03. The van der Waals surface area contributed by atoms with Gasteiger partial charge in [0.2, 0.25) is 0 Å². The molecular formula is C24H23NO3S. The highest BCUT2D eigenvalue weighted by Crippen LogP contribution is 2.38. The van der Waals surface area contributed by atoms with Crippen molar-refractivity contribution < 1.29 is 14.6 Å². The fraction of sp³-hybridized carbons (Fsp3) is 0.208. The molecule has 1 unspecified atom stereocenters. The molecule has 29 heavy (non-hydrogen) atoms. The number of hydrogen-bond donors (Lipinski definition) is 1. The molecule has 148 valence electrons. The number of thiazole rings is 1. The lowest BCUT2D eigenvalue weighted by atomic mass is 9.91. The molecule has 0 bridgehead atoms. The summed E-state index contributed by atoms with van der Waals surface area (Å²) in [4.78, 5) is 4.33. The van der Waals surface area contributed by atoms with Crippen LogP contribution in [0.3, 0.4) is 0 Å². The molecule has 0 saturated heterocycles. The van der Waals surface area contributed by atoms with Crippen molar-refractivity contribution in [3.8, 4) is 11.5 Å². The fourth-order valence-electron chi connectivity index (χ4n) is 3.41. The van der Waals surface area contributed by atoms with Gasteiger partial charge in [-0.3, -0.25) is 0 Å². The summed E-state index contributed by atoms with van der Waals surface area (Å²) in [6.07, 6.45) is 2.20. The minimum absolute atomic E-state index is 0.430. The molecule has 0 fully saturated rings. The number of methoxy groups -OCH3 is 1. The summed E-state index contributed by atoms with van der Waals surface area (Å²) in [6, 6.07) is 20.1. The number of aliphatic hydroxyl groups is 1. The van der Waals surface area contributed by atoms with Crippen LogP contribution in [-0.2, 0) is 12.2 Å². The molecule has 3 aromatic carbocycles. The predicted molar refractivity (Wildman–Crippen MR) is 117 cm³/mol.